The molecule has 1 N–H and O–H groups in total. The lowest BCUT2D eigenvalue weighted by Gasteiger charge is -2.18. The van der Waals surface area contributed by atoms with Crippen LogP contribution in [0.2, 0.25) is 0 Å². The molecular formula is C10H14O5. The highest BCUT2D eigenvalue weighted by atomic mass is 16.7. The molecule has 0 bridgehead atoms. The lowest BCUT2D eigenvalue weighted by Crippen LogP contribution is -2.32. The minimum atomic E-state index is -1.52. The van der Waals surface area contributed by atoms with Gasteiger partial charge in [-0.05, 0) is 13.8 Å². The summed E-state index contributed by atoms with van der Waals surface area (Å²) in [6.45, 7) is 9.38. The van der Waals surface area contributed by atoms with Crippen LogP contribution in [-0.4, -0.2) is 29.4 Å². The van der Waals surface area contributed by atoms with Crippen molar-refractivity contribution in [3.63, 3.8) is 0 Å². The predicted octanol–water partition coefficient (Wildman–Crippen LogP) is 0.542. The highest BCUT2D eigenvalue weighted by Gasteiger charge is 2.21. The smallest absolute Gasteiger partial charge is 0.333 e. The summed E-state index contributed by atoms with van der Waals surface area (Å²) in [5.41, 5.74) is 0.198. The highest BCUT2D eigenvalue weighted by molar-refractivity contribution is 5.87. The quantitative estimate of drug-likeness (QED) is 0.411. The van der Waals surface area contributed by atoms with Crippen molar-refractivity contribution in [2.24, 2.45) is 0 Å². The third-order valence-corrected chi connectivity index (χ3v) is 1.45. The van der Waals surface area contributed by atoms with Gasteiger partial charge in [-0.15, -0.1) is 0 Å². The number of aliphatic hydroxyl groups is 1. The molecule has 0 aromatic rings. The van der Waals surface area contributed by atoms with Crippen molar-refractivity contribution >= 4 is 11.9 Å². The van der Waals surface area contributed by atoms with Crippen molar-refractivity contribution in [1.29, 1.82) is 0 Å². The summed E-state index contributed by atoms with van der Waals surface area (Å²) in [5, 5.41) is 9.25. The first kappa shape index (κ1) is 13.4. The minimum absolute atomic E-state index is 0.198. The molecule has 2 atom stereocenters. The molecule has 84 valence electrons. The van der Waals surface area contributed by atoms with E-state index in [4.69, 9.17) is 4.74 Å². The van der Waals surface area contributed by atoms with E-state index in [0.717, 1.165) is 6.08 Å². The van der Waals surface area contributed by atoms with Crippen LogP contribution < -0.4 is 0 Å². The van der Waals surface area contributed by atoms with E-state index in [1.165, 1.54) is 13.8 Å². The average Bonchev–Trinajstić information content (AvgIpc) is 2.16. The standard InChI is InChI=1S/C10H14O5/c1-5-8(11)15-10(13)7(4)14-9(12)6(2)3/h5,7,10,13H,1-2H2,3-4H3. The van der Waals surface area contributed by atoms with Crippen LogP contribution in [0.3, 0.4) is 0 Å². The van der Waals surface area contributed by atoms with Gasteiger partial charge in [0.05, 0.1) is 0 Å². The van der Waals surface area contributed by atoms with Crippen molar-refractivity contribution in [3.8, 4) is 0 Å². The SMILES string of the molecule is C=CC(=O)OC(O)C(C)OC(=O)C(=C)C. The van der Waals surface area contributed by atoms with E-state index in [2.05, 4.69) is 17.9 Å². The summed E-state index contributed by atoms with van der Waals surface area (Å²) in [6, 6.07) is 0. The van der Waals surface area contributed by atoms with Crippen molar-refractivity contribution < 1.29 is 24.2 Å². The zero-order valence-electron chi connectivity index (χ0n) is 8.73. The number of aliphatic hydroxyl groups excluding tert-OH is 1. The second-order valence-electron chi connectivity index (χ2n) is 2.92. The third kappa shape index (κ3) is 4.97. The average molecular weight is 214 g/mol. The number of carbonyl (C=O) groups excluding carboxylic acids is 2. The van der Waals surface area contributed by atoms with Crippen LogP contribution in [0.15, 0.2) is 24.8 Å². The first-order chi connectivity index (χ1) is 6.88. The van der Waals surface area contributed by atoms with E-state index in [-0.39, 0.29) is 5.57 Å². The van der Waals surface area contributed by atoms with Crippen LogP contribution in [-0.2, 0) is 19.1 Å². The van der Waals surface area contributed by atoms with Gasteiger partial charge in [0, 0.05) is 11.6 Å². The maximum atomic E-state index is 11.0. The van der Waals surface area contributed by atoms with Gasteiger partial charge in [0.25, 0.3) is 0 Å². The van der Waals surface area contributed by atoms with Gasteiger partial charge in [0.2, 0.25) is 6.29 Å². The van der Waals surface area contributed by atoms with Gasteiger partial charge >= 0.3 is 11.9 Å². The van der Waals surface area contributed by atoms with Crippen LogP contribution in [0.5, 0.6) is 0 Å². The molecule has 0 aliphatic heterocycles. The summed E-state index contributed by atoms with van der Waals surface area (Å²) in [4.78, 5) is 21.7. The zero-order chi connectivity index (χ0) is 12.0. The van der Waals surface area contributed by atoms with Gasteiger partial charge in [0.15, 0.2) is 6.10 Å². The van der Waals surface area contributed by atoms with Crippen LogP contribution in [0.1, 0.15) is 13.8 Å². The Morgan fingerprint density at radius 3 is 2.33 bits per heavy atom. The van der Waals surface area contributed by atoms with Crippen LogP contribution in [0, 0.1) is 0 Å². The number of hydrogen-bond acceptors (Lipinski definition) is 5. The summed E-state index contributed by atoms with van der Waals surface area (Å²) in [7, 11) is 0. The Hall–Kier alpha value is -1.62. The monoisotopic (exact) mass is 214 g/mol. The predicted molar refractivity (Wildman–Crippen MR) is 52.7 cm³/mol. The molecule has 0 saturated heterocycles. The van der Waals surface area contributed by atoms with Gasteiger partial charge in [-0.3, -0.25) is 0 Å². The maximum absolute atomic E-state index is 11.0. The molecule has 0 saturated carbocycles. The van der Waals surface area contributed by atoms with E-state index in [0.29, 0.717) is 0 Å². The minimum Gasteiger partial charge on any atom is -0.453 e. The number of esters is 2. The molecule has 0 aliphatic carbocycles. The van der Waals surface area contributed by atoms with E-state index in [1.54, 1.807) is 0 Å². The lowest BCUT2D eigenvalue weighted by atomic mass is 10.3. The Labute approximate surface area is 88.0 Å². The highest BCUT2D eigenvalue weighted by Crippen LogP contribution is 2.04. The third-order valence-electron chi connectivity index (χ3n) is 1.45. The molecule has 0 spiro atoms. The normalized spacial score (nSPS) is 13.5. The fourth-order valence-electron chi connectivity index (χ4n) is 0.591. The van der Waals surface area contributed by atoms with Crippen molar-refractivity contribution in [2.75, 3.05) is 0 Å². The molecule has 0 aromatic heterocycles. The lowest BCUT2D eigenvalue weighted by molar-refractivity contribution is -0.190. The first-order valence-corrected chi connectivity index (χ1v) is 4.26. The second-order valence-corrected chi connectivity index (χ2v) is 2.92. The van der Waals surface area contributed by atoms with Crippen molar-refractivity contribution in [3.05, 3.63) is 24.8 Å². The number of rotatable bonds is 5. The van der Waals surface area contributed by atoms with Crippen molar-refractivity contribution in [1.82, 2.24) is 0 Å². The fourth-order valence-corrected chi connectivity index (χ4v) is 0.591. The zero-order valence-corrected chi connectivity index (χ0v) is 8.73. The molecule has 0 rings (SSSR count). The number of ether oxygens (including phenoxy) is 2. The van der Waals surface area contributed by atoms with Gasteiger partial charge in [0.1, 0.15) is 0 Å². The van der Waals surface area contributed by atoms with E-state index >= 15 is 0 Å². The van der Waals surface area contributed by atoms with Crippen LogP contribution in [0.25, 0.3) is 0 Å². The summed E-state index contributed by atoms with van der Waals surface area (Å²) >= 11 is 0. The molecule has 5 nitrogen and oxygen atoms in total. The van der Waals surface area contributed by atoms with Gasteiger partial charge in [-0.1, -0.05) is 13.2 Å². The molecule has 0 heterocycles. The van der Waals surface area contributed by atoms with Crippen LogP contribution in [0.4, 0.5) is 0 Å². The Morgan fingerprint density at radius 1 is 1.40 bits per heavy atom. The first-order valence-electron chi connectivity index (χ1n) is 4.26. The summed E-state index contributed by atoms with van der Waals surface area (Å²) in [5.74, 6) is -1.45. The van der Waals surface area contributed by atoms with Crippen LogP contribution >= 0.6 is 0 Å². The van der Waals surface area contributed by atoms with E-state index in [1.807, 2.05) is 0 Å². The molecule has 15 heavy (non-hydrogen) atoms. The molecular weight excluding hydrogens is 200 g/mol. The summed E-state index contributed by atoms with van der Waals surface area (Å²) < 4.78 is 9.15. The molecule has 0 amide bonds. The molecule has 0 aliphatic rings. The fraction of sp³-hybridized carbons (Fsp3) is 0.400. The summed E-state index contributed by atoms with van der Waals surface area (Å²) in [6.07, 6.45) is -1.58. The topological polar surface area (TPSA) is 72.8 Å². The van der Waals surface area contributed by atoms with Gasteiger partial charge in [-0.2, -0.15) is 0 Å². The second kappa shape index (κ2) is 5.98. The number of hydrogen-bond donors (Lipinski definition) is 1. The molecule has 2 unspecified atom stereocenters. The maximum Gasteiger partial charge on any atom is 0.333 e. The molecule has 0 aromatic carbocycles. The Morgan fingerprint density at radius 2 is 1.93 bits per heavy atom. The molecule has 5 heteroatoms. The Kier molecular flexibility index (Phi) is 5.33. The van der Waals surface area contributed by atoms with Gasteiger partial charge in [-0.25, -0.2) is 9.59 Å². The molecule has 0 fully saturated rings. The molecule has 0 radical (unpaired) electrons. The number of carbonyl (C=O) groups is 2. The van der Waals surface area contributed by atoms with Gasteiger partial charge < -0.3 is 14.6 Å². The van der Waals surface area contributed by atoms with E-state index in [9.17, 15) is 14.7 Å². The largest absolute Gasteiger partial charge is 0.453 e. The Balaban J connectivity index is 4.15. The Bertz CT molecular complexity index is 282. The van der Waals surface area contributed by atoms with Crippen molar-refractivity contribution in [2.45, 2.75) is 26.2 Å². The van der Waals surface area contributed by atoms with E-state index < -0.39 is 24.3 Å².